The Labute approximate surface area is 209 Å². The van der Waals surface area contributed by atoms with Crippen molar-refractivity contribution in [3.63, 3.8) is 0 Å². The molecule has 0 saturated heterocycles. The van der Waals surface area contributed by atoms with E-state index in [0.29, 0.717) is 15.7 Å². The predicted molar refractivity (Wildman–Crippen MR) is 141 cm³/mol. The van der Waals surface area contributed by atoms with Gasteiger partial charge in [0.15, 0.2) is 10.9 Å². The monoisotopic (exact) mass is 512 g/mol. The molecule has 4 nitrogen and oxygen atoms in total. The van der Waals surface area contributed by atoms with Crippen LogP contribution >= 0.6 is 46.5 Å². The van der Waals surface area contributed by atoms with Gasteiger partial charge in [0.1, 0.15) is 4.83 Å². The van der Waals surface area contributed by atoms with Crippen LogP contribution in [0.4, 0.5) is 0 Å². The van der Waals surface area contributed by atoms with E-state index in [1.54, 1.807) is 40.2 Å². The van der Waals surface area contributed by atoms with Crippen molar-refractivity contribution < 1.29 is 4.79 Å². The van der Waals surface area contributed by atoms with Gasteiger partial charge in [0.05, 0.1) is 16.8 Å². The SMILES string of the molecule is CC1(C)Cc2c(sc3nc(SCC(=O)c4ccc(Cl)cc4)n(-c4ccccc4)c(=O)c23)CS1. The molecule has 2 aromatic carbocycles. The van der Waals surface area contributed by atoms with Gasteiger partial charge in [0, 0.05) is 26.0 Å². The van der Waals surface area contributed by atoms with Crippen LogP contribution in [0.15, 0.2) is 64.5 Å². The Morgan fingerprint density at radius 2 is 1.88 bits per heavy atom. The second kappa shape index (κ2) is 8.95. The summed E-state index contributed by atoms with van der Waals surface area (Å²) >= 11 is 10.8. The average Bonchev–Trinajstić information content (AvgIpc) is 3.15. The zero-order valence-corrected chi connectivity index (χ0v) is 21.3. The topological polar surface area (TPSA) is 52.0 Å². The van der Waals surface area contributed by atoms with E-state index >= 15 is 0 Å². The molecule has 0 amide bonds. The normalized spacial score (nSPS) is 14.9. The Kier molecular flexibility index (Phi) is 6.16. The molecule has 0 radical (unpaired) electrons. The molecule has 33 heavy (non-hydrogen) atoms. The molecule has 4 aromatic rings. The van der Waals surface area contributed by atoms with Crippen molar-refractivity contribution in [3.05, 3.63) is 86.0 Å². The average molecular weight is 513 g/mol. The second-order valence-electron chi connectivity index (χ2n) is 8.50. The standard InChI is InChI=1S/C25H21ClN2O2S3/c1-25(2)12-18-20(14-32-25)33-22-21(18)23(30)28(17-6-4-3-5-7-17)24(27-22)31-13-19(29)15-8-10-16(26)11-9-15/h3-11H,12-14H2,1-2H3. The number of nitrogens with zero attached hydrogens (tertiary/aromatic N) is 2. The number of aromatic nitrogens is 2. The number of fused-ring (bicyclic) bond motifs is 3. The Balaban J connectivity index is 1.59. The third kappa shape index (κ3) is 4.52. The van der Waals surface area contributed by atoms with E-state index in [2.05, 4.69) is 13.8 Å². The van der Waals surface area contributed by atoms with Gasteiger partial charge in [-0.15, -0.1) is 23.1 Å². The van der Waals surface area contributed by atoms with Crippen molar-refractivity contribution in [2.75, 3.05) is 5.75 Å². The Bertz CT molecular complexity index is 1410. The summed E-state index contributed by atoms with van der Waals surface area (Å²) in [5, 5.41) is 1.85. The van der Waals surface area contributed by atoms with Crippen molar-refractivity contribution in [1.29, 1.82) is 0 Å². The highest BCUT2D eigenvalue weighted by atomic mass is 35.5. The van der Waals surface area contributed by atoms with Crippen LogP contribution in [0.5, 0.6) is 0 Å². The number of rotatable bonds is 5. The van der Waals surface area contributed by atoms with Crippen molar-refractivity contribution >= 4 is 62.5 Å². The molecule has 1 aliphatic rings. The van der Waals surface area contributed by atoms with Gasteiger partial charge in [-0.25, -0.2) is 4.98 Å². The van der Waals surface area contributed by atoms with Gasteiger partial charge in [-0.1, -0.05) is 55.4 Å². The van der Waals surface area contributed by atoms with Crippen molar-refractivity contribution in [1.82, 2.24) is 9.55 Å². The second-order valence-corrected chi connectivity index (χ2v) is 12.6. The molecule has 0 fully saturated rings. The largest absolute Gasteiger partial charge is 0.293 e. The lowest BCUT2D eigenvalue weighted by molar-refractivity contribution is 0.102. The molecule has 3 heterocycles. The number of hydrogen-bond acceptors (Lipinski definition) is 6. The molecule has 2 aromatic heterocycles. The minimum absolute atomic E-state index is 0.0331. The summed E-state index contributed by atoms with van der Waals surface area (Å²) in [5.41, 5.74) is 2.41. The Morgan fingerprint density at radius 3 is 2.61 bits per heavy atom. The molecule has 0 N–H and O–H groups in total. The molecule has 0 bridgehead atoms. The summed E-state index contributed by atoms with van der Waals surface area (Å²) in [7, 11) is 0. The van der Waals surface area contributed by atoms with Crippen LogP contribution in [-0.2, 0) is 12.2 Å². The molecule has 5 rings (SSSR count). The molecule has 168 valence electrons. The van der Waals surface area contributed by atoms with Crippen LogP contribution in [0, 0.1) is 0 Å². The fraction of sp³-hybridized carbons (Fsp3) is 0.240. The number of hydrogen-bond donors (Lipinski definition) is 0. The van der Waals surface area contributed by atoms with Crippen LogP contribution in [0.2, 0.25) is 5.02 Å². The lowest BCUT2D eigenvalue weighted by Crippen LogP contribution is -2.26. The van der Waals surface area contributed by atoms with E-state index in [0.717, 1.165) is 33.6 Å². The summed E-state index contributed by atoms with van der Waals surface area (Å²) in [6.45, 7) is 4.44. The van der Waals surface area contributed by atoms with Crippen molar-refractivity contribution in [2.45, 2.75) is 35.9 Å². The van der Waals surface area contributed by atoms with E-state index in [4.69, 9.17) is 16.6 Å². The number of carbonyl (C=O) groups is 1. The summed E-state index contributed by atoms with van der Waals surface area (Å²) in [6.07, 6.45) is 0.847. The van der Waals surface area contributed by atoms with Crippen LogP contribution in [0.3, 0.4) is 0 Å². The number of Topliss-reactive ketones (excluding diaryl/α,β-unsaturated/α-hetero) is 1. The fourth-order valence-corrected chi connectivity index (χ4v) is 7.34. The number of thiophene rings is 1. The third-order valence-corrected chi connectivity index (χ3v) is 9.45. The first-order valence-corrected chi connectivity index (χ1v) is 13.7. The van der Waals surface area contributed by atoms with Gasteiger partial charge in [-0.05, 0) is 48.4 Å². The maximum atomic E-state index is 13.9. The number of benzene rings is 2. The summed E-state index contributed by atoms with van der Waals surface area (Å²) < 4.78 is 1.74. The van der Waals surface area contributed by atoms with E-state index in [1.807, 2.05) is 42.1 Å². The first kappa shape index (κ1) is 22.7. The highest BCUT2D eigenvalue weighted by Crippen LogP contribution is 2.44. The lowest BCUT2D eigenvalue weighted by atomic mass is 10.00. The number of ketones is 1. The van der Waals surface area contributed by atoms with Crippen LogP contribution in [0.1, 0.15) is 34.6 Å². The van der Waals surface area contributed by atoms with E-state index in [-0.39, 0.29) is 21.8 Å². The number of carbonyl (C=O) groups excluding carboxylic acids is 1. The fourth-order valence-electron chi connectivity index (χ4n) is 3.92. The maximum absolute atomic E-state index is 13.9. The zero-order valence-electron chi connectivity index (χ0n) is 18.1. The highest BCUT2D eigenvalue weighted by Gasteiger charge is 2.31. The molecule has 0 saturated carbocycles. The molecule has 0 spiro atoms. The summed E-state index contributed by atoms with van der Waals surface area (Å²) in [5.74, 6) is 1.04. The molecule has 1 aliphatic heterocycles. The third-order valence-electron chi connectivity index (χ3n) is 5.59. The summed E-state index contributed by atoms with van der Waals surface area (Å²) in [6, 6.07) is 16.4. The van der Waals surface area contributed by atoms with Crippen molar-refractivity contribution in [3.8, 4) is 5.69 Å². The molecular weight excluding hydrogens is 492 g/mol. The number of halogens is 1. The van der Waals surface area contributed by atoms with E-state index < -0.39 is 0 Å². The minimum atomic E-state index is -0.0622. The zero-order chi connectivity index (χ0) is 23.2. The van der Waals surface area contributed by atoms with Gasteiger partial charge >= 0.3 is 0 Å². The smallest absolute Gasteiger partial charge is 0.267 e. The minimum Gasteiger partial charge on any atom is -0.293 e. The Morgan fingerprint density at radius 1 is 1.15 bits per heavy atom. The van der Waals surface area contributed by atoms with Crippen molar-refractivity contribution in [2.24, 2.45) is 0 Å². The summed E-state index contributed by atoms with van der Waals surface area (Å²) in [4.78, 5) is 33.5. The van der Waals surface area contributed by atoms with Crippen LogP contribution < -0.4 is 5.56 Å². The Hall–Kier alpha value is -2.06. The van der Waals surface area contributed by atoms with E-state index in [1.165, 1.54) is 16.6 Å². The molecule has 0 atom stereocenters. The molecular formula is C25H21ClN2O2S3. The van der Waals surface area contributed by atoms with Crippen LogP contribution in [0.25, 0.3) is 15.9 Å². The first-order chi connectivity index (χ1) is 15.8. The van der Waals surface area contributed by atoms with Gasteiger partial charge in [-0.3, -0.25) is 14.2 Å². The molecule has 0 unspecified atom stereocenters. The molecule has 8 heteroatoms. The van der Waals surface area contributed by atoms with Gasteiger partial charge in [0.25, 0.3) is 5.56 Å². The first-order valence-electron chi connectivity index (χ1n) is 10.5. The van der Waals surface area contributed by atoms with Crippen LogP contribution in [-0.4, -0.2) is 25.8 Å². The predicted octanol–water partition coefficient (Wildman–Crippen LogP) is 6.64. The lowest BCUT2D eigenvalue weighted by Gasteiger charge is -2.28. The number of para-hydroxylation sites is 1. The maximum Gasteiger partial charge on any atom is 0.267 e. The number of thioether (sulfide) groups is 2. The quantitative estimate of drug-likeness (QED) is 0.170. The molecule has 0 aliphatic carbocycles. The highest BCUT2D eigenvalue weighted by molar-refractivity contribution is 8.00. The van der Waals surface area contributed by atoms with Gasteiger partial charge in [0.2, 0.25) is 0 Å². The van der Waals surface area contributed by atoms with Gasteiger partial charge in [-0.2, -0.15) is 0 Å². The van der Waals surface area contributed by atoms with E-state index in [9.17, 15) is 9.59 Å². The van der Waals surface area contributed by atoms with Gasteiger partial charge < -0.3 is 0 Å².